The summed E-state index contributed by atoms with van der Waals surface area (Å²) in [7, 11) is 0. The van der Waals surface area contributed by atoms with Gasteiger partial charge in [-0.15, -0.1) is 6.58 Å². The number of hydrogen-bond donors (Lipinski definition) is 0. The van der Waals surface area contributed by atoms with E-state index in [1.54, 1.807) is 0 Å². The second-order valence-electron chi connectivity index (χ2n) is 7.57. The Morgan fingerprint density at radius 1 is 1.41 bits per heavy atom. The van der Waals surface area contributed by atoms with Gasteiger partial charge in [0, 0.05) is 5.57 Å². The molecule has 0 fully saturated rings. The number of unbranched alkanes of at least 4 members (excludes halogenated alkanes) is 1. The van der Waals surface area contributed by atoms with Gasteiger partial charge in [0.25, 0.3) is 0 Å². The first kappa shape index (κ1) is 17.1. The van der Waals surface area contributed by atoms with Gasteiger partial charge in [0.15, 0.2) is 0 Å². The first-order valence-electron chi connectivity index (χ1n) is 8.67. The lowest BCUT2D eigenvalue weighted by Gasteiger charge is -2.28. The van der Waals surface area contributed by atoms with Gasteiger partial charge < -0.3 is 4.74 Å². The van der Waals surface area contributed by atoms with Crippen LogP contribution in [-0.2, 0) is 4.74 Å². The second-order valence-corrected chi connectivity index (χ2v) is 7.57. The molecule has 0 bridgehead atoms. The number of allylic oxidation sites excluding steroid dienone is 4. The smallest absolute Gasteiger partial charge is 0.212 e. The quantitative estimate of drug-likeness (QED) is 0.608. The molecule has 0 radical (unpaired) electrons. The molecule has 0 spiro atoms. The fourth-order valence-electron chi connectivity index (χ4n) is 3.22. The van der Waals surface area contributed by atoms with Crippen LogP contribution in [0.15, 0.2) is 41.4 Å². The number of aliphatic imine (C=N–C) groups is 1. The van der Waals surface area contributed by atoms with Crippen LogP contribution in [0.25, 0.3) is 0 Å². The molecule has 2 aliphatic rings. The van der Waals surface area contributed by atoms with Crippen LogP contribution in [-0.4, -0.2) is 18.5 Å². The Morgan fingerprint density at radius 2 is 2.18 bits per heavy atom. The van der Waals surface area contributed by atoms with E-state index in [0.29, 0.717) is 18.4 Å². The van der Waals surface area contributed by atoms with Gasteiger partial charge in [-0.1, -0.05) is 64.8 Å². The molecule has 2 rings (SSSR count). The number of nitrogens with zero attached hydrogens (tertiary/aromatic N) is 1. The van der Waals surface area contributed by atoms with E-state index < -0.39 is 0 Å². The molecule has 0 aromatic heterocycles. The Labute approximate surface area is 136 Å². The summed E-state index contributed by atoms with van der Waals surface area (Å²) >= 11 is 0. The lowest BCUT2D eigenvalue weighted by Crippen LogP contribution is -2.25. The summed E-state index contributed by atoms with van der Waals surface area (Å²) in [5.41, 5.74) is 1.46. The third-order valence-electron chi connectivity index (χ3n) is 4.76. The van der Waals surface area contributed by atoms with E-state index in [1.807, 2.05) is 6.08 Å². The van der Waals surface area contributed by atoms with Gasteiger partial charge in [-0.05, 0) is 30.1 Å². The van der Waals surface area contributed by atoms with Crippen LogP contribution in [0.1, 0.15) is 53.4 Å². The van der Waals surface area contributed by atoms with Crippen molar-refractivity contribution >= 4 is 5.90 Å². The summed E-state index contributed by atoms with van der Waals surface area (Å²) < 4.78 is 5.99. The highest BCUT2D eigenvalue weighted by Gasteiger charge is 2.35. The lowest BCUT2D eigenvalue weighted by molar-refractivity contribution is 0.234. The van der Waals surface area contributed by atoms with Crippen molar-refractivity contribution in [3.05, 3.63) is 36.5 Å². The molecule has 1 aliphatic heterocycles. The maximum atomic E-state index is 5.99. The highest BCUT2D eigenvalue weighted by Crippen LogP contribution is 2.36. The molecule has 0 N–H and O–H groups in total. The molecule has 22 heavy (non-hydrogen) atoms. The summed E-state index contributed by atoms with van der Waals surface area (Å²) in [4.78, 5) is 4.90. The average Bonchev–Trinajstić information content (AvgIpc) is 2.96. The maximum Gasteiger partial charge on any atom is 0.212 e. The monoisotopic (exact) mass is 301 g/mol. The maximum absolute atomic E-state index is 5.99. The predicted molar refractivity (Wildman–Crippen MR) is 95.2 cm³/mol. The van der Waals surface area contributed by atoms with Crippen LogP contribution >= 0.6 is 0 Å². The van der Waals surface area contributed by atoms with Crippen molar-refractivity contribution in [2.75, 3.05) is 6.61 Å². The van der Waals surface area contributed by atoms with Gasteiger partial charge in [-0.3, -0.25) is 0 Å². The van der Waals surface area contributed by atoms with Crippen LogP contribution in [0.5, 0.6) is 0 Å². The largest absolute Gasteiger partial charge is 0.475 e. The van der Waals surface area contributed by atoms with Crippen LogP contribution in [0, 0.1) is 17.3 Å². The fourth-order valence-corrected chi connectivity index (χ4v) is 3.22. The zero-order chi connectivity index (χ0) is 16.2. The van der Waals surface area contributed by atoms with E-state index in [9.17, 15) is 0 Å². The van der Waals surface area contributed by atoms with E-state index in [4.69, 9.17) is 9.73 Å². The van der Waals surface area contributed by atoms with Crippen molar-refractivity contribution in [2.45, 2.75) is 59.4 Å². The van der Waals surface area contributed by atoms with E-state index >= 15 is 0 Å². The van der Waals surface area contributed by atoms with Crippen molar-refractivity contribution in [1.29, 1.82) is 0 Å². The molecule has 2 nitrogen and oxygen atoms in total. The van der Waals surface area contributed by atoms with E-state index in [2.05, 4.69) is 52.5 Å². The highest BCUT2D eigenvalue weighted by atomic mass is 16.5. The fraction of sp³-hybridized carbons (Fsp3) is 0.650. The van der Waals surface area contributed by atoms with E-state index in [1.165, 1.54) is 24.8 Å². The molecule has 1 heterocycles. The first-order valence-corrected chi connectivity index (χ1v) is 8.67. The minimum Gasteiger partial charge on any atom is -0.475 e. The molecule has 0 unspecified atom stereocenters. The summed E-state index contributed by atoms with van der Waals surface area (Å²) in [6.07, 6.45) is 13.4. The van der Waals surface area contributed by atoms with Crippen molar-refractivity contribution in [3.8, 4) is 0 Å². The predicted octanol–water partition coefficient (Wildman–Crippen LogP) is 5.32. The first-order chi connectivity index (χ1) is 10.5. The van der Waals surface area contributed by atoms with Gasteiger partial charge in [-0.2, -0.15) is 0 Å². The molecular formula is C20H31NO. The van der Waals surface area contributed by atoms with Crippen LogP contribution in [0.3, 0.4) is 0 Å². The van der Waals surface area contributed by atoms with Crippen LogP contribution in [0.2, 0.25) is 0 Å². The molecule has 0 amide bonds. The second kappa shape index (κ2) is 7.30. The molecular weight excluding hydrogens is 270 g/mol. The molecule has 0 aromatic rings. The molecule has 0 aromatic carbocycles. The van der Waals surface area contributed by atoms with Gasteiger partial charge >= 0.3 is 0 Å². The third kappa shape index (κ3) is 3.91. The van der Waals surface area contributed by atoms with Gasteiger partial charge in [-0.25, -0.2) is 4.99 Å². The topological polar surface area (TPSA) is 21.6 Å². The average molecular weight is 301 g/mol. The minimum absolute atomic E-state index is 0.159. The van der Waals surface area contributed by atoms with Gasteiger partial charge in [0.1, 0.15) is 6.61 Å². The zero-order valence-electron chi connectivity index (χ0n) is 14.6. The lowest BCUT2D eigenvalue weighted by atomic mass is 9.77. The summed E-state index contributed by atoms with van der Waals surface area (Å²) in [6, 6.07) is 0.263. The summed E-state index contributed by atoms with van der Waals surface area (Å²) in [6.45, 7) is 13.6. The van der Waals surface area contributed by atoms with Crippen molar-refractivity contribution in [3.63, 3.8) is 0 Å². The molecule has 1 aliphatic carbocycles. The molecule has 122 valence electrons. The van der Waals surface area contributed by atoms with Gasteiger partial charge in [0.2, 0.25) is 5.90 Å². The van der Waals surface area contributed by atoms with Crippen molar-refractivity contribution in [1.82, 2.24) is 0 Å². The Hall–Kier alpha value is -1.31. The number of rotatable bonds is 6. The Balaban J connectivity index is 2.21. The van der Waals surface area contributed by atoms with Crippen molar-refractivity contribution < 1.29 is 4.74 Å². The summed E-state index contributed by atoms with van der Waals surface area (Å²) in [5, 5.41) is 0. The Bertz CT molecular complexity index is 478. The van der Waals surface area contributed by atoms with Crippen LogP contribution < -0.4 is 0 Å². The highest BCUT2D eigenvalue weighted by molar-refractivity contribution is 5.95. The molecule has 0 saturated carbocycles. The normalized spacial score (nSPS) is 28.1. The minimum atomic E-state index is 0.159. The van der Waals surface area contributed by atoms with Crippen LogP contribution in [0.4, 0.5) is 0 Å². The Kier molecular flexibility index (Phi) is 5.66. The molecule has 3 atom stereocenters. The molecule has 0 saturated heterocycles. The van der Waals surface area contributed by atoms with E-state index in [0.717, 1.165) is 12.3 Å². The Morgan fingerprint density at radius 3 is 2.77 bits per heavy atom. The number of ether oxygens (including phenoxy) is 1. The summed E-state index contributed by atoms with van der Waals surface area (Å²) in [5.74, 6) is 1.93. The zero-order valence-corrected chi connectivity index (χ0v) is 14.6. The SMILES string of the molecule is C=CC[C@@H]1C=CC=C(C2=N[C@@H](C(C)(C)C)CO2)[C@H]1CCCC. The number of hydrogen-bond acceptors (Lipinski definition) is 2. The molecule has 2 heteroatoms. The van der Waals surface area contributed by atoms with E-state index in [-0.39, 0.29) is 11.5 Å². The third-order valence-corrected chi connectivity index (χ3v) is 4.76. The van der Waals surface area contributed by atoms with Crippen molar-refractivity contribution in [2.24, 2.45) is 22.2 Å². The van der Waals surface area contributed by atoms with Gasteiger partial charge in [0.05, 0.1) is 6.04 Å². The standard InChI is InChI=1S/C20H31NO/c1-6-8-12-16-15(10-7-2)11-9-13-17(16)19-21-18(14-22-19)20(3,4)5/h7,9,11,13,15-16,18H,2,6,8,10,12,14H2,1,3-5H3/t15-,16+,18-/m1/s1.